The zero-order chi connectivity index (χ0) is 17.1. The molecule has 124 valence electrons. The second kappa shape index (κ2) is 5.38. The van der Waals surface area contributed by atoms with E-state index < -0.39 is 9.84 Å². The van der Waals surface area contributed by atoms with E-state index in [1.54, 1.807) is 11.0 Å². The highest BCUT2D eigenvalue weighted by Crippen LogP contribution is 2.32. The van der Waals surface area contributed by atoms with Crippen LogP contribution < -0.4 is 0 Å². The fraction of sp³-hybridized carbons (Fsp3) is 0.267. The van der Waals surface area contributed by atoms with Crippen molar-refractivity contribution in [3.8, 4) is 17.1 Å². The van der Waals surface area contributed by atoms with Gasteiger partial charge < -0.3 is 4.57 Å². The topological polar surface area (TPSA) is 82.7 Å². The lowest BCUT2D eigenvalue weighted by Gasteiger charge is -2.08. The van der Waals surface area contributed by atoms with E-state index in [-0.39, 0.29) is 5.75 Å². The third kappa shape index (κ3) is 2.65. The Labute approximate surface area is 152 Å². The van der Waals surface area contributed by atoms with E-state index in [9.17, 15) is 8.42 Å². The molecule has 4 rings (SSSR count). The highest BCUT2D eigenvalue weighted by atomic mass is 127. The van der Waals surface area contributed by atoms with Gasteiger partial charge in [-0.1, -0.05) is 0 Å². The number of imidazole rings is 1. The van der Waals surface area contributed by atoms with Gasteiger partial charge in [0, 0.05) is 15.4 Å². The summed E-state index contributed by atoms with van der Waals surface area (Å²) >= 11 is 2.25. The number of hydrogen-bond donors (Lipinski definition) is 0. The molecule has 0 bridgehead atoms. The molecule has 0 saturated carbocycles. The summed E-state index contributed by atoms with van der Waals surface area (Å²) in [6.45, 7) is 2.46. The Bertz CT molecular complexity index is 1070. The first-order chi connectivity index (χ1) is 11.3. The van der Waals surface area contributed by atoms with Gasteiger partial charge in [0.15, 0.2) is 21.5 Å². The summed E-state index contributed by atoms with van der Waals surface area (Å²) in [5, 5.41) is 4.43. The average molecular weight is 455 g/mol. The molecule has 24 heavy (non-hydrogen) atoms. The second-order valence-electron chi connectivity index (χ2n) is 5.89. The molecule has 7 nitrogen and oxygen atoms in total. The van der Waals surface area contributed by atoms with E-state index in [0.29, 0.717) is 18.2 Å². The molecular formula is C15H14IN5O2S. The first kappa shape index (κ1) is 15.8. The number of fused-ring (bicyclic) bond motifs is 5. The van der Waals surface area contributed by atoms with Gasteiger partial charge in [0.1, 0.15) is 5.75 Å². The number of hydrogen-bond acceptors (Lipinski definition) is 5. The number of aryl methyl sites for hydroxylation is 1. The third-order valence-electron chi connectivity index (χ3n) is 3.94. The summed E-state index contributed by atoms with van der Waals surface area (Å²) in [5.74, 6) is 0.845. The molecule has 0 spiro atoms. The van der Waals surface area contributed by atoms with E-state index in [1.807, 2.05) is 29.7 Å². The van der Waals surface area contributed by atoms with Crippen molar-refractivity contribution in [2.75, 3.05) is 6.26 Å². The second-order valence-corrected chi connectivity index (χ2v) is 9.27. The molecular weight excluding hydrogens is 441 g/mol. The number of rotatable bonds is 2. The van der Waals surface area contributed by atoms with Gasteiger partial charge in [0.2, 0.25) is 0 Å². The maximum Gasteiger partial charge on any atom is 0.166 e. The minimum absolute atomic E-state index is 0.162. The maximum absolute atomic E-state index is 11.6. The highest BCUT2D eigenvalue weighted by Gasteiger charge is 2.24. The number of benzene rings is 1. The van der Waals surface area contributed by atoms with Gasteiger partial charge in [-0.15, -0.1) is 0 Å². The van der Waals surface area contributed by atoms with Gasteiger partial charge >= 0.3 is 0 Å². The van der Waals surface area contributed by atoms with E-state index in [4.69, 9.17) is 0 Å². The average Bonchev–Trinajstić information content (AvgIpc) is 2.99. The Morgan fingerprint density at radius 3 is 2.88 bits per heavy atom. The Morgan fingerprint density at radius 1 is 1.33 bits per heavy atom. The normalized spacial score (nSPS) is 13.1. The van der Waals surface area contributed by atoms with Crippen molar-refractivity contribution >= 4 is 32.4 Å². The van der Waals surface area contributed by atoms with Crippen LogP contribution in [0.15, 0.2) is 24.5 Å². The van der Waals surface area contributed by atoms with Crippen LogP contribution in [0.25, 0.3) is 17.1 Å². The fourth-order valence-electron chi connectivity index (χ4n) is 2.89. The Hall–Kier alpha value is -1.75. The first-order valence-corrected chi connectivity index (χ1v) is 10.4. The van der Waals surface area contributed by atoms with Crippen molar-refractivity contribution in [2.24, 2.45) is 0 Å². The van der Waals surface area contributed by atoms with Crippen LogP contribution in [0.3, 0.4) is 0 Å². The zero-order valence-corrected chi connectivity index (χ0v) is 16.0. The summed E-state index contributed by atoms with van der Waals surface area (Å²) in [5.41, 5.74) is 3.84. The smallest absolute Gasteiger partial charge is 0.166 e. The van der Waals surface area contributed by atoms with Crippen molar-refractivity contribution in [1.29, 1.82) is 0 Å². The van der Waals surface area contributed by atoms with Gasteiger partial charge in [-0.2, -0.15) is 5.10 Å². The molecule has 0 unspecified atom stereocenters. The minimum atomic E-state index is -3.19. The standard InChI is InChI=1S/C15H14IN5O2S/c1-9-13-6-21-15(18-14(19-21)7-24(2,22)23)11-5-10(16)3-4-12(11)20(13)8-17-9/h3-5,8H,6-7H2,1-2H3. The lowest BCUT2D eigenvalue weighted by Crippen LogP contribution is -2.07. The van der Waals surface area contributed by atoms with Crippen molar-refractivity contribution in [3.05, 3.63) is 45.3 Å². The molecule has 9 heteroatoms. The van der Waals surface area contributed by atoms with Gasteiger partial charge in [0.25, 0.3) is 0 Å². The van der Waals surface area contributed by atoms with E-state index >= 15 is 0 Å². The highest BCUT2D eigenvalue weighted by molar-refractivity contribution is 14.1. The van der Waals surface area contributed by atoms with Crippen LogP contribution in [-0.4, -0.2) is 39.0 Å². The van der Waals surface area contributed by atoms with Gasteiger partial charge in [-0.05, 0) is 47.7 Å². The predicted molar refractivity (Wildman–Crippen MR) is 97.7 cm³/mol. The Balaban J connectivity index is 1.98. The maximum atomic E-state index is 11.6. The summed E-state index contributed by atoms with van der Waals surface area (Å²) in [7, 11) is -3.19. The SMILES string of the molecule is Cc1ncn2c1Cn1nc(CS(C)(=O)=O)nc1-c1cc(I)ccc1-2. The number of nitrogens with zero attached hydrogens (tertiary/aromatic N) is 5. The monoisotopic (exact) mass is 455 g/mol. The molecule has 0 atom stereocenters. The van der Waals surface area contributed by atoms with Crippen LogP contribution >= 0.6 is 22.6 Å². The van der Waals surface area contributed by atoms with Crippen LogP contribution in [0.2, 0.25) is 0 Å². The summed E-state index contributed by atoms with van der Waals surface area (Å²) < 4.78 is 28.1. The molecule has 0 amide bonds. The number of halogens is 1. The van der Waals surface area contributed by atoms with Crippen molar-refractivity contribution in [1.82, 2.24) is 24.3 Å². The quantitative estimate of drug-likeness (QED) is 0.432. The van der Waals surface area contributed by atoms with Crippen LogP contribution in [0.1, 0.15) is 17.2 Å². The molecule has 0 saturated heterocycles. The third-order valence-corrected chi connectivity index (χ3v) is 5.39. The van der Waals surface area contributed by atoms with E-state index in [2.05, 4.69) is 37.7 Å². The van der Waals surface area contributed by atoms with Crippen molar-refractivity contribution in [3.63, 3.8) is 0 Å². The predicted octanol–water partition coefficient (Wildman–Crippen LogP) is 1.95. The minimum Gasteiger partial charge on any atom is -0.300 e. The van der Waals surface area contributed by atoms with Gasteiger partial charge in [0.05, 0.1) is 29.9 Å². The lowest BCUT2D eigenvalue weighted by molar-refractivity contribution is 0.598. The Kier molecular flexibility index (Phi) is 3.53. The first-order valence-electron chi connectivity index (χ1n) is 7.26. The van der Waals surface area contributed by atoms with Crippen LogP contribution in [0.4, 0.5) is 0 Å². The molecule has 1 aromatic carbocycles. The van der Waals surface area contributed by atoms with Crippen LogP contribution in [0.5, 0.6) is 0 Å². The molecule has 1 aliphatic heterocycles. The molecule has 0 N–H and O–H groups in total. The van der Waals surface area contributed by atoms with E-state index in [1.165, 1.54) is 6.26 Å². The van der Waals surface area contributed by atoms with Gasteiger partial charge in [-0.25, -0.2) is 23.1 Å². The van der Waals surface area contributed by atoms with E-state index in [0.717, 1.165) is 26.2 Å². The molecule has 2 aromatic heterocycles. The van der Waals surface area contributed by atoms with Gasteiger partial charge in [-0.3, -0.25) is 0 Å². The zero-order valence-electron chi connectivity index (χ0n) is 13.1. The van der Waals surface area contributed by atoms with Crippen LogP contribution in [-0.2, 0) is 22.1 Å². The van der Waals surface area contributed by atoms with Crippen molar-refractivity contribution in [2.45, 2.75) is 19.2 Å². The summed E-state index contributed by atoms with van der Waals surface area (Å²) in [4.78, 5) is 8.91. The molecule has 0 radical (unpaired) electrons. The lowest BCUT2D eigenvalue weighted by atomic mass is 10.1. The Morgan fingerprint density at radius 2 is 2.12 bits per heavy atom. The molecule has 0 aliphatic carbocycles. The number of sulfone groups is 1. The van der Waals surface area contributed by atoms with Crippen molar-refractivity contribution < 1.29 is 8.42 Å². The molecule has 3 heterocycles. The molecule has 1 aliphatic rings. The van der Waals surface area contributed by atoms with Crippen LogP contribution in [0, 0.1) is 10.5 Å². The summed E-state index contributed by atoms with van der Waals surface area (Å²) in [6.07, 6.45) is 3.00. The fourth-order valence-corrected chi connectivity index (χ4v) is 3.98. The molecule has 3 aromatic rings. The largest absolute Gasteiger partial charge is 0.300 e. The number of aromatic nitrogens is 5. The molecule has 0 fully saturated rings. The summed E-state index contributed by atoms with van der Waals surface area (Å²) in [6, 6.07) is 6.09.